The monoisotopic (exact) mass is 399 g/mol. The van der Waals surface area contributed by atoms with Gasteiger partial charge in [0.25, 0.3) is 0 Å². The first-order valence-corrected chi connectivity index (χ1v) is 8.56. The Bertz CT molecular complexity index is 787. The van der Waals surface area contributed by atoms with Crippen molar-refractivity contribution in [2.45, 2.75) is 13.0 Å². The smallest absolute Gasteiger partial charge is 0.170 e. The normalized spacial score (nSPS) is 11.0. The number of aromatic nitrogens is 1. The van der Waals surface area contributed by atoms with Gasteiger partial charge in [-0.2, -0.15) is 0 Å². The molecule has 3 aromatic rings. The van der Waals surface area contributed by atoms with E-state index in [-0.39, 0.29) is 0 Å². The summed E-state index contributed by atoms with van der Waals surface area (Å²) in [7, 11) is 0. The molecule has 0 spiro atoms. The number of nitrogens with zero attached hydrogens (tertiary/aromatic N) is 1. The maximum absolute atomic E-state index is 6.30. The third kappa shape index (κ3) is 3.40. The van der Waals surface area contributed by atoms with Crippen LogP contribution in [0.5, 0.6) is 5.75 Å². The van der Waals surface area contributed by atoms with Crippen molar-refractivity contribution in [1.82, 2.24) is 5.16 Å². The van der Waals surface area contributed by atoms with Gasteiger partial charge < -0.3 is 9.26 Å². The second-order valence-electron chi connectivity index (χ2n) is 4.76. The predicted octanol–water partition coefficient (Wildman–Crippen LogP) is 5.65. The number of ether oxygens (including phenoxy) is 1. The highest BCUT2D eigenvalue weighted by atomic mass is 79.9. The van der Waals surface area contributed by atoms with Crippen molar-refractivity contribution < 1.29 is 9.26 Å². The molecule has 0 saturated heterocycles. The van der Waals surface area contributed by atoms with Gasteiger partial charge in [-0.05, 0) is 23.8 Å². The molecule has 3 rings (SSSR count). The van der Waals surface area contributed by atoms with Crippen molar-refractivity contribution in [3.05, 3.63) is 57.7 Å². The van der Waals surface area contributed by atoms with Crippen molar-refractivity contribution >= 4 is 50.1 Å². The number of fused-ring (bicyclic) bond motifs is 1. The maximum atomic E-state index is 6.30. The lowest BCUT2D eigenvalue weighted by molar-refractivity contribution is 0.306. The highest BCUT2D eigenvalue weighted by Gasteiger charge is 2.12. The van der Waals surface area contributed by atoms with E-state index in [1.165, 1.54) is 0 Å². The largest absolute Gasteiger partial charge is 0.487 e. The number of hydrogen-bond acceptors (Lipinski definition) is 3. The van der Waals surface area contributed by atoms with E-state index in [2.05, 4.69) is 21.1 Å². The minimum atomic E-state index is 0.408. The first-order chi connectivity index (χ1) is 10.7. The highest BCUT2D eigenvalue weighted by molar-refractivity contribution is 9.09. The summed E-state index contributed by atoms with van der Waals surface area (Å²) in [5.74, 6) is 0.575. The van der Waals surface area contributed by atoms with E-state index in [0.717, 1.165) is 28.4 Å². The number of halogens is 3. The molecule has 0 radical (unpaired) electrons. The van der Waals surface area contributed by atoms with Gasteiger partial charge in [-0.1, -0.05) is 56.4 Å². The summed E-state index contributed by atoms with van der Waals surface area (Å²) in [6.07, 6.45) is 0.786. The Morgan fingerprint density at radius 3 is 2.64 bits per heavy atom. The molecule has 0 aliphatic carbocycles. The molecule has 6 heteroatoms. The van der Waals surface area contributed by atoms with Gasteiger partial charge in [-0.3, -0.25) is 0 Å². The Morgan fingerprint density at radius 2 is 1.91 bits per heavy atom. The van der Waals surface area contributed by atoms with Crippen molar-refractivity contribution in [3.8, 4) is 5.75 Å². The van der Waals surface area contributed by atoms with Crippen LogP contribution in [0.2, 0.25) is 10.0 Å². The Labute approximate surface area is 146 Å². The van der Waals surface area contributed by atoms with Crippen molar-refractivity contribution in [2.75, 3.05) is 5.33 Å². The van der Waals surface area contributed by atoms with Crippen molar-refractivity contribution in [1.29, 1.82) is 0 Å². The molecular weight excluding hydrogens is 389 g/mol. The van der Waals surface area contributed by atoms with E-state index in [1.807, 2.05) is 30.3 Å². The molecule has 0 amide bonds. The Hall–Kier alpha value is -1.23. The van der Waals surface area contributed by atoms with Gasteiger partial charge in [-0.15, -0.1) is 0 Å². The van der Waals surface area contributed by atoms with Gasteiger partial charge in [0.05, 0.1) is 10.7 Å². The molecule has 22 heavy (non-hydrogen) atoms. The van der Waals surface area contributed by atoms with Crippen LogP contribution in [-0.2, 0) is 13.0 Å². The summed E-state index contributed by atoms with van der Waals surface area (Å²) in [6, 6.07) is 11.1. The van der Waals surface area contributed by atoms with E-state index in [9.17, 15) is 0 Å². The third-order valence-electron chi connectivity index (χ3n) is 3.24. The number of alkyl halides is 1. The van der Waals surface area contributed by atoms with Gasteiger partial charge in [-0.25, -0.2) is 0 Å². The van der Waals surface area contributed by atoms with Crippen LogP contribution in [0, 0.1) is 0 Å². The van der Waals surface area contributed by atoms with Crippen LogP contribution < -0.4 is 4.74 Å². The Kier molecular flexibility index (Phi) is 4.91. The van der Waals surface area contributed by atoms with E-state index in [4.69, 9.17) is 32.5 Å². The van der Waals surface area contributed by atoms with E-state index >= 15 is 0 Å². The number of hydrogen-bond donors (Lipinski definition) is 0. The molecule has 0 aliphatic heterocycles. The first-order valence-electron chi connectivity index (χ1n) is 6.68. The summed E-state index contributed by atoms with van der Waals surface area (Å²) >= 11 is 15.6. The number of aryl methyl sites for hydroxylation is 1. The fourth-order valence-corrected chi connectivity index (χ4v) is 2.83. The lowest BCUT2D eigenvalue weighted by Gasteiger charge is -2.08. The fourth-order valence-electron chi connectivity index (χ4n) is 2.11. The number of benzene rings is 2. The fraction of sp³-hybridized carbons (Fsp3) is 0.188. The summed E-state index contributed by atoms with van der Waals surface area (Å²) < 4.78 is 11.1. The van der Waals surface area contributed by atoms with Gasteiger partial charge in [0, 0.05) is 28.2 Å². The van der Waals surface area contributed by atoms with Crippen molar-refractivity contribution in [2.24, 2.45) is 0 Å². The highest BCUT2D eigenvalue weighted by Crippen LogP contribution is 2.32. The summed E-state index contributed by atoms with van der Waals surface area (Å²) in [5.41, 5.74) is 2.57. The molecule has 0 N–H and O–H groups in total. The molecule has 0 unspecified atom stereocenters. The summed E-state index contributed by atoms with van der Waals surface area (Å²) in [5, 5.41) is 7.04. The molecule has 0 saturated carbocycles. The van der Waals surface area contributed by atoms with Gasteiger partial charge in [0.1, 0.15) is 12.4 Å². The summed E-state index contributed by atoms with van der Waals surface area (Å²) in [4.78, 5) is 0. The first kappa shape index (κ1) is 15.7. The van der Waals surface area contributed by atoms with Crippen LogP contribution in [0.3, 0.4) is 0 Å². The zero-order valence-corrected chi connectivity index (χ0v) is 14.6. The van der Waals surface area contributed by atoms with E-state index < -0.39 is 0 Å². The van der Waals surface area contributed by atoms with E-state index in [1.54, 1.807) is 6.07 Å². The van der Waals surface area contributed by atoms with Crippen LogP contribution >= 0.6 is 39.1 Å². The van der Waals surface area contributed by atoms with Crippen LogP contribution in [0.25, 0.3) is 11.0 Å². The molecule has 0 atom stereocenters. The topological polar surface area (TPSA) is 35.3 Å². The van der Waals surface area contributed by atoms with Gasteiger partial charge in [0.15, 0.2) is 5.58 Å². The molecule has 1 aromatic heterocycles. The molecule has 0 aliphatic rings. The molecule has 0 fully saturated rings. The second kappa shape index (κ2) is 6.90. The zero-order valence-electron chi connectivity index (χ0n) is 11.5. The Morgan fingerprint density at radius 1 is 1.14 bits per heavy atom. The zero-order chi connectivity index (χ0) is 15.5. The average Bonchev–Trinajstić information content (AvgIpc) is 2.89. The van der Waals surface area contributed by atoms with E-state index in [0.29, 0.717) is 28.0 Å². The van der Waals surface area contributed by atoms with Crippen LogP contribution in [0.4, 0.5) is 0 Å². The molecular formula is C16H12BrCl2NO2. The minimum Gasteiger partial charge on any atom is -0.487 e. The maximum Gasteiger partial charge on any atom is 0.170 e. The SMILES string of the molecule is Clc1ccc(COc2cc3onc(CCBr)c3cc2Cl)cc1. The molecule has 0 bridgehead atoms. The molecule has 2 aromatic carbocycles. The standard InChI is InChI=1S/C16H12BrCl2NO2/c17-6-5-14-12-7-13(19)16(8-15(12)22-20-14)21-9-10-1-3-11(18)4-2-10/h1-4,7-8H,5-6,9H2. The van der Waals surface area contributed by atoms with Crippen molar-refractivity contribution in [3.63, 3.8) is 0 Å². The number of rotatable bonds is 5. The molecule has 1 heterocycles. The van der Waals surface area contributed by atoms with Gasteiger partial charge in [0.2, 0.25) is 0 Å². The lowest BCUT2D eigenvalue weighted by atomic mass is 10.2. The quantitative estimate of drug-likeness (QED) is 0.519. The average molecular weight is 401 g/mol. The Balaban J connectivity index is 1.81. The minimum absolute atomic E-state index is 0.408. The molecule has 3 nitrogen and oxygen atoms in total. The van der Waals surface area contributed by atoms with Crippen LogP contribution in [0.1, 0.15) is 11.3 Å². The molecule has 114 valence electrons. The second-order valence-corrected chi connectivity index (χ2v) is 6.40. The predicted molar refractivity (Wildman–Crippen MR) is 92.3 cm³/mol. The lowest BCUT2D eigenvalue weighted by Crippen LogP contribution is -1.95. The van der Waals surface area contributed by atoms with Gasteiger partial charge >= 0.3 is 0 Å². The van der Waals surface area contributed by atoms with Crippen LogP contribution in [0.15, 0.2) is 40.9 Å². The third-order valence-corrected chi connectivity index (χ3v) is 4.18. The summed E-state index contributed by atoms with van der Waals surface area (Å²) in [6.45, 7) is 0.408. The van der Waals surface area contributed by atoms with Crippen LogP contribution in [-0.4, -0.2) is 10.5 Å².